The van der Waals surface area contributed by atoms with E-state index in [1.807, 2.05) is 51.1 Å². The number of hydrogen-bond acceptors (Lipinski definition) is 5. The molecule has 1 aliphatic rings. The summed E-state index contributed by atoms with van der Waals surface area (Å²) in [6, 6.07) is 15.8. The molecule has 0 unspecified atom stereocenters. The molecular weight excluding hydrogens is 352 g/mol. The van der Waals surface area contributed by atoms with Gasteiger partial charge in [-0.1, -0.05) is 30.3 Å². The van der Waals surface area contributed by atoms with Gasteiger partial charge in [-0.15, -0.1) is 0 Å². The number of piperidine rings is 1. The van der Waals surface area contributed by atoms with E-state index in [9.17, 15) is 4.79 Å². The summed E-state index contributed by atoms with van der Waals surface area (Å²) in [7, 11) is 0. The molecule has 0 bridgehead atoms. The minimum atomic E-state index is -0.538. The highest BCUT2D eigenvalue weighted by Gasteiger charge is 2.23. The Labute approximate surface area is 167 Å². The van der Waals surface area contributed by atoms with Crippen molar-refractivity contribution in [2.75, 3.05) is 23.7 Å². The van der Waals surface area contributed by atoms with Crippen LogP contribution in [0.3, 0.4) is 0 Å². The minimum Gasteiger partial charge on any atom is -0.456 e. The van der Waals surface area contributed by atoms with E-state index in [1.165, 1.54) is 5.56 Å². The van der Waals surface area contributed by atoms with E-state index in [-0.39, 0.29) is 12.1 Å². The Morgan fingerprint density at radius 3 is 2.39 bits per heavy atom. The van der Waals surface area contributed by atoms with Gasteiger partial charge in [0.25, 0.3) is 0 Å². The number of anilines is 2. The van der Waals surface area contributed by atoms with Gasteiger partial charge >= 0.3 is 5.97 Å². The van der Waals surface area contributed by atoms with Crippen molar-refractivity contribution >= 4 is 17.3 Å². The lowest BCUT2D eigenvalue weighted by atomic mass is 10.1. The smallest absolute Gasteiger partial charge is 0.340 e. The Hall–Kier alpha value is -2.53. The number of esters is 1. The van der Waals surface area contributed by atoms with Crippen molar-refractivity contribution in [2.24, 2.45) is 0 Å². The standard InChI is InChI=1S/C23H30N2O3/c1-23(2,3)28-22(26)20-10-9-18(15-21(20)24)25-13-11-19(12-14-25)27-16-17-7-5-4-6-8-17/h4-10,15,19H,11-14,16,24H2,1-3H3. The number of nitrogens with two attached hydrogens (primary N) is 1. The van der Waals surface area contributed by atoms with Crippen LogP contribution in [0.15, 0.2) is 48.5 Å². The van der Waals surface area contributed by atoms with Crippen LogP contribution >= 0.6 is 0 Å². The van der Waals surface area contributed by atoms with Gasteiger partial charge in [0, 0.05) is 24.5 Å². The van der Waals surface area contributed by atoms with Crippen LogP contribution in [0, 0.1) is 0 Å². The van der Waals surface area contributed by atoms with Gasteiger partial charge in [0.1, 0.15) is 5.60 Å². The summed E-state index contributed by atoms with van der Waals surface area (Å²) in [5.41, 5.74) is 8.70. The van der Waals surface area contributed by atoms with Gasteiger partial charge in [0.2, 0.25) is 0 Å². The van der Waals surface area contributed by atoms with Crippen LogP contribution in [-0.2, 0) is 16.1 Å². The Balaban J connectivity index is 1.54. The number of ether oxygens (including phenoxy) is 2. The molecule has 0 radical (unpaired) electrons. The first-order valence-electron chi connectivity index (χ1n) is 9.85. The topological polar surface area (TPSA) is 64.8 Å². The van der Waals surface area contributed by atoms with Crippen molar-refractivity contribution in [1.29, 1.82) is 0 Å². The van der Waals surface area contributed by atoms with E-state index in [0.717, 1.165) is 31.6 Å². The van der Waals surface area contributed by atoms with Crippen LogP contribution in [0.1, 0.15) is 49.5 Å². The van der Waals surface area contributed by atoms with E-state index in [0.29, 0.717) is 17.9 Å². The molecule has 5 nitrogen and oxygen atoms in total. The molecule has 5 heteroatoms. The van der Waals surface area contributed by atoms with Crippen LogP contribution in [0.2, 0.25) is 0 Å². The highest BCUT2D eigenvalue weighted by Crippen LogP contribution is 2.27. The van der Waals surface area contributed by atoms with Crippen molar-refractivity contribution in [3.05, 3.63) is 59.7 Å². The van der Waals surface area contributed by atoms with Crippen molar-refractivity contribution in [3.63, 3.8) is 0 Å². The summed E-state index contributed by atoms with van der Waals surface area (Å²) in [5, 5.41) is 0. The molecule has 0 atom stereocenters. The third-order valence-corrected chi connectivity index (χ3v) is 4.79. The van der Waals surface area contributed by atoms with Crippen molar-refractivity contribution < 1.29 is 14.3 Å². The SMILES string of the molecule is CC(C)(C)OC(=O)c1ccc(N2CCC(OCc3ccccc3)CC2)cc1N. The predicted octanol–water partition coefficient (Wildman–Crippen LogP) is 4.41. The van der Waals surface area contributed by atoms with Gasteiger partial charge < -0.3 is 20.1 Å². The molecule has 0 aromatic heterocycles. The van der Waals surface area contributed by atoms with E-state index < -0.39 is 5.60 Å². The molecule has 3 rings (SSSR count). The normalized spacial score (nSPS) is 15.5. The zero-order valence-corrected chi connectivity index (χ0v) is 17.0. The molecule has 1 aliphatic heterocycles. The summed E-state index contributed by atoms with van der Waals surface area (Å²) in [6.45, 7) is 8.01. The number of benzene rings is 2. The summed E-state index contributed by atoms with van der Waals surface area (Å²) in [5.74, 6) is -0.385. The zero-order chi connectivity index (χ0) is 20.1. The highest BCUT2D eigenvalue weighted by molar-refractivity contribution is 5.96. The maximum atomic E-state index is 12.3. The van der Waals surface area contributed by atoms with E-state index in [4.69, 9.17) is 15.2 Å². The second-order valence-corrected chi connectivity index (χ2v) is 8.26. The van der Waals surface area contributed by atoms with Crippen molar-refractivity contribution in [3.8, 4) is 0 Å². The molecular formula is C23H30N2O3. The molecule has 2 N–H and O–H groups in total. The van der Waals surface area contributed by atoms with Crippen LogP contribution < -0.4 is 10.6 Å². The summed E-state index contributed by atoms with van der Waals surface area (Å²) < 4.78 is 11.5. The van der Waals surface area contributed by atoms with Gasteiger partial charge in [0.05, 0.1) is 18.3 Å². The second-order valence-electron chi connectivity index (χ2n) is 8.26. The molecule has 2 aromatic rings. The third kappa shape index (κ3) is 5.49. The number of nitrogen functional groups attached to an aromatic ring is 1. The molecule has 1 heterocycles. The number of carbonyl (C=O) groups excluding carboxylic acids is 1. The molecule has 150 valence electrons. The summed E-state index contributed by atoms with van der Waals surface area (Å²) in [6.07, 6.45) is 2.22. The average Bonchev–Trinajstić information content (AvgIpc) is 2.66. The van der Waals surface area contributed by atoms with E-state index in [1.54, 1.807) is 6.07 Å². The number of nitrogens with zero attached hydrogens (tertiary/aromatic N) is 1. The largest absolute Gasteiger partial charge is 0.456 e. The van der Waals surface area contributed by atoms with Gasteiger partial charge in [-0.25, -0.2) is 4.79 Å². The van der Waals surface area contributed by atoms with Gasteiger partial charge in [0.15, 0.2) is 0 Å². The van der Waals surface area contributed by atoms with Crippen molar-refractivity contribution in [2.45, 2.75) is 51.9 Å². The Kier molecular flexibility index (Phi) is 6.25. The quantitative estimate of drug-likeness (QED) is 0.613. The van der Waals surface area contributed by atoms with Crippen LogP contribution in [0.25, 0.3) is 0 Å². The molecule has 1 fully saturated rings. The third-order valence-electron chi connectivity index (χ3n) is 4.79. The Morgan fingerprint density at radius 1 is 1.11 bits per heavy atom. The maximum Gasteiger partial charge on any atom is 0.340 e. The molecule has 0 saturated carbocycles. The molecule has 2 aromatic carbocycles. The number of carbonyl (C=O) groups is 1. The first kappa shape index (κ1) is 20.2. The lowest BCUT2D eigenvalue weighted by Crippen LogP contribution is -2.37. The molecule has 28 heavy (non-hydrogen) atoms. The second kappa shape index (κ2) is 8.65. The first-order valence-corrected chi connectivity index (χ1v) is 9.85. The van der Waals surface area contributed by atoms with Gasteiger partial charge in [-0.05, 0) is 57.4 Å². The Morgan fingerprint density at radius 2 is 1.79 bits per heavy atom. The Bertz CT molecular complexity index is 791. The monoisotopic (exact) mass is 382 g/mol. The lowest BCUT2D eigenvalue weighted by Gasteiger charge is -2.34. The highest BCUT2D eigenvalue weighted by atomic mass is 16.6. The molecule has 1 saturated heterocycles. The van der Waals surface area contributed by atoms with Crippen LogP contribution in [0.5, 0.6) is 0 Å². The minimum absolute atomic E-state index is 0.273. The lowest BCUT2D eigenvalue weighted by molar-refractivity contribution is 0.00708. The van der Waals surface area contributed by atoms with Crippen molar-refractivity contribution in [1.82, 2.24) is 0 Å². The molecule has 0 spiro atoms. The predicted molar refractivity (Wildman–Crippen MR) is 112 cm³/mol. The fourth-order valence-corrected chi connectivity index (χ4v) is 3.33. The summed E-state index contributed by atoms with van der Waals surface area (Å²) >= 11 is 0. The average molecular weight is 383 g/mol. The number of hydrogen-bond donors (Lipinski definition) is 1. The first-order chi connectivity index (χ1) is 13.3. The van der Waals surface area contributed by atoms with Crippen LogP contribution in [-0.4, -0.2) is 30.8 Å². The molecule has 0 aliphatic carbocycles. The van der Waals surface area contributed by atoms with Gasteiger partial charge in [-0.2, -0.15) is 0 Å². The fourth-order valence-electron chi connectivity index (χ4n) is 3.33. The van der Waals surface area contributed by atoms with Gasteiger partial charge in [-0.3, -0.25) is 0 Å². The van der Waals surface area contributed by atoms with E-state index in [2.05, 4.69) is 17.0 Å². The summed E-state index contributed by atoms with van der Waals surface area (Å²) in [4.78, 5) is 14.6. The number of rotatable bonds is 5. The fraction of sp³-hybridized carbons (Fsp3) is 0.435. The zero-order valence-electron chi connectivity index (χ0n) is 17.0. The maximum absolute atomic E-state index is 12.3. The molecule has 0 amide bonds. The van der Waals surface area contributed by atoms with E-state index >= 15 is 0 Å². The van der Waals surface area contributed by atoms with Crippen LogP contribution in [0.4, 0.5) is 11.4 Å².